The van der Waals surface area contributed by atoms with Crippen LogP contribution in [0.1, 0.15) is 45.4 Å². The molecule has 2 heterocycles. The number of alkyl carbamates (subject to hydrolysis) is 1. The number of anilines is 1. The normalized spacial score (nSPS) is 16.7. The minimum absolute atomic E-state index is 0.350. The summed E-state index contributed by atoms with van der Waals surface area (Å²) in [6, 6.07) is 9.74. The number of ether oxygens (including phenoxy) is 1. The van der Waals surface area contributed by atoms with E-state index in [1.807, 2.05) is 45.0 Å². The van der Waals surface area contributed by atoms with E-state index in [4.69, 9.17) is 4.74 Å². The summed E-state index contributed by atoms with van der Waals surface area (Å²) in [5.41, 5.74) is 1.86. The first kappa shape index (κ1) is 21.3. The van der Waals surface area contributed by atoms with Crippen molar-refractivity contribution in [2.24, 2.45) is 5.92 Å². The minimum Gasteiger partial charge on any atom is -0.444 e. The second kappa shape index (κ2) is 8.97. The molecule has 1 unspecified atom stereocenters. The second-order valence-corrected chi connectivity index (χ2v) is 8.60. The van der Waals surface area contributed by atoms with Gasteiger partial charge in [-0.2, -0.15) is 0 Å². The number of hydrogen-bond acceptors (Lipinski definition) is 6. The number of para-hydroxylation sites is 1. The fraction of sp³-hybridized carbons (Fsp3) is 0.545. The predicted octanol–water partition coefficient (Wildman–Crippen LogP) is 3.00. The SMILES string of the molecule is CC(C)(C)OC(=O)NCC1CCN(c2cccc3ccc(C(O)CO)nc23)CC1. The van der Waals surface area contributed by atoms with Crippen LogP contribution in [0.25, 0.3) is 10.9 Å². The standard InChI is InChI=1S/C22H31N3O4/c1-22(2,3)29-21(28)23-13-15-9-11-25(12-10-15)18-6-4-5-16-7-8-17(19(27)14-26)24-20(16)18/h4-8,15,19,26-27H,9-14H2,1-3H3,(H,23,28). The number of rotatable bonds is 5. The van der Waals surface area contributed by atoms with E-state index in [1.165, 1.54) is 0 Å². The molecular weight excluding hydrogens is 370 g/mol. The number of carbonyl (C=O) groups is 1. The lowest BCUT2D eigenvalue weighted by atomic mass is 9.96. The number of nitrogens with zero attached hydrogens (tertiary/aromatic N) is 2. The average molecular weight is 402 g/mol. The molecule has 1 aliphatic heterocycles. The summed E-state index contributed by atoms with van der Waals surface area (Å²) in [4.78, 5) is 18.8. The Hall–Kier alpha value is -2.38. The Balaban J connectivity index is 1.63. The molecule has 0 radical (unpaired) electrons. The summed E-state index contributed by atoms with van der Waals surface area (Å²) in [5.74, 6) is 0.411. The molecule has 1 fully saturated rings. The van der Waals surface area contributed by atoms with Crippen LogP contribution >= 0.6 is 0 Å². The molecule has 3 rings (SSSR count). The highest BCUT2D eigenvalue weighted by atomic mass is 16.6. The van der Waals surface area contributed by atoms with Crippen LogP contribution in [0.3, 0.4) is 0 Å². The number of amides is 1. The van der Waals surface area contributed by atoms with Crippen molar-refractivity contribution in [1.29, 1.82) is 0 Å². The molecule has 1 saturated heterocycles. The average Bonchev–Trinajstić information content (AvgIpc) is 2.70. The third kappa shape index (κ3) is 5.58. The number of carbonyl (C=O) groups excluding carboxylic acids is 1. The lowest BCUT2D eigenvalue weighted by Crippen LogP contribution is -2.40. The monoisotopic (exact) mass is 401 g/mol. The van der Waals surface area contributed by atoms with Crippen LogP contribution in [0.2, 0.25) is 0 Å². The van der Waals surface area contributed by atoms with Gasteiger partial charge in [0.05, 0.1) is 23.5 Å². The number of benzene rings is 1. The largest absolute Gasteiger partial charge is 0.444 e. The van der Waals surface area contributed by atoms with Crippen LogP contribution in [-0.2, 0) is 4.74 Å². The second-order valence-electron chi connectivity index (χ2n) is 8.60. The van der Waals surface area contributed by atoms with Crippen molar-refractivity contribution in [3.63, 3.8) is 0 Å². The topological polar surface area (TPSA) is 94.9 Å². The van der Waals surface area contributed by atoms with Crippen molar-refractivity contribution in [2.75, 3.05) is 31.1 Å². The Bertz CT molecular complexity index is 842. The molecule has 1 atom stereocenters. The van der Waals surface area contributed by atoms with Gasteiger partial charge in [-0.1, -0.05) is 18.2 Å². The zero-order chi connectivity index (χ0) is 21.0. The maximum absolute atomic E-state index is 11.9. The number of aliphatic hydroxyl groups excluding tert-OH is 2. The minimum atomic E-state index is -0.975. The van der Waals surface area contributed by atoms with Gasteiger partial charge < -0.3 is 25.2 Å². The fourth-order valence-electron chi connectivity index (χ4n) is 3.60. The van der Waals surface area contributed by atoms with E-state index in [1.54, 1.807) is 6.07 Å². The molecule has 0 aliphatic carbocycles. The Morgan fingerprint density at radius 1 is 1.28 bits per heavy atom. The number of aromatic nitrogens is 1. The molecule has 0 bridgehead atoms. The van der Waals surface area contributed by atoms with E-state index >= 15 is 0 Å². The van der Waals surface area contributed by atoms with E-state index in [0.29, 0.717) is 18.2 Å². The molecule has 158 valence electrons. The van der Waals surface area contributed by atoms with Crippen LogP contribution in [0, 0.1) is 5.92 Å². The van der Waals surface area contributed by atoms with E-state index in [0.717, 1.165) is 42.5 Å². The van der Waals surface area contributed by atoms with Gasteiger partial charge in [0.25, 0.3) is 0 Å². The molecule has 0 saturated carbocycles. The van der Waals surface area contributed by atoms with Gasteiger partial charge in [-0.3, -0.25) is 0 Å². The van der Waals surface area contributed by atoms with Gasteiger partial charge in [0.2, 0.25) is 0 Å². The van der Waals surface area contributed by atoms with E-state index < -0.39 is 11.7 Å². The first-order valence-corrected chi connectivity index (χ1v) is 10.2. The van der Waals surface area contributed by atoms with Crippen LogP contribution in [0.5, 0.6) is 0 Å². The Labute approximate surface area is 171 Å². The van der Waals surface area contributed by atoms with Crippen molar-refractivity contribution in [1.82, 2.24) is 10.3 Å². The predicted molar refractivity (Wildman–Crippen MR) is 113 cm³/mol. The van der Waals surface area contributed by atoms with Crippen LogP contribution in [-0.4, -0.2) is 53.1 Å². The third-order valence-corrected chi connectivity index (χ3v) is 5.12. The van der Waals surface area contributed by atoms with E-state index in [-0.39, 0.29) is 12.7 Å². The molecule has 3 N–H and O–H groups in total. The van der Waals surface area contributed by atoms with Gasteiger partial charge >= 0.3 is 6.09 Å². The Morgan fingerprint density at radius 2 is 2.00 bits per heavy atom. The first-order valence-electron chi connectivity index (χ1n) is 10.2. The molecule has 1 aromatic heterocycles. The number of aliphatic hydroxyl groups is 2. The highest BCUT2D eigenvalue weighted by Gasteiger charge is 2.23. The number of piperidine rings is 1. The smallest absolute Gasteiger partial charge is 0.407 e. The molecule has 1 aliphatic rings. The van der Waals surface area contributed by atoms with Gasteiger partial charge in [-0.15, -0.1) is 0 Å². The van der Waals surface area contributed by atoms with Crippen molar-refractivity contribution < 1.29 is 19.7 Å². The van der Waals surface area contributed by atoms with Gasteiger partial charge in [0.1, 0.15) is 11.7 Å². The van der Waals surface area contributed by atoms with E-state index in [2.05, 4.69) is 15.2 Å². The Kier molecular flexibility index (Phi) is 6.59. The fourth-order valence-corrected chi connectivity index (χ4v) is 3.60. The number of hydrogen-bond donors (Lipinski definition) is 3. The van der Waals surface area contributed by atoms with Crippen molar-refractivity contribution in [3.8, 4) is 0 Å². The van der Waals surface area contributed by atoms with Gasteiger partial charge in [0, 0.05) is 25.0 Å². The van der Waals surface area contributed by atoms with Crippen molar-refractivity contribution >= 4 is 22.7 Å². The van der Waals surface area contributed by atoms with E-state index in [9.17, 15) is 15.0 Å². The number of fused-ring (bicyclic) bond motifs is 1. The highest BCUT2D eigenvalue weighted by Crippen LogP contribution is 2.30. The Morgan fingerprint density at radius 3 is 2.66 bits per heavy atom. The summed E-state index contributed by atoms with van der Waals surface area (Å²) in [6.45, 7) is 7.57. The van der Waals surface area contributed by atoms with Gasteiger partial charge in [-0.25, -0.2) is 9.78 Å². The summed E-state index contributed by atoms with van der Waals surface area (Å²) >= 11 is 0. The lowest BCUT2D eigenvalue weighted by Gasteiger charge is -2.34. The zero-order valence-corrected chi connectivity index (χ0v) is 17.4. The number of pyridine rings is 1. The first-order chi connectivity index (χ1) is 13.8. The highest BCUT2D eigenvalue weighted by molar-refractivity contribution is 5.91. The molecule has 0 spiro atoms. The third-order valence-electron chi connectivity index (χ3n) is 5.12. The molecule has 7 nitrogen and oxygen atoms in total. The lowest BCUT2D eigenvalue weighted by molar-refractivity contribution is 0.0517. The van der Waals surface area contributed by atoms with Crippen molar-refractivity contribution in [2.45, 2.75) is 45.3 Å². The van der Waals surface area contributed by atoms with Crippen LogP contribution < -0.4 is 10.2 Å². The molecule has 7 heteroatoms. The summed E-state index contributed by atoms with van der Waals surface area (Å²) in [7, 11) is 0. The quantitative estimate of drug-likeness (QED) is 0.713. The molecule has 29 heavy (non-hydrogen) atoms. The summed E-state index contributed by atoms with van der Waals surface area (Å²) < 4.78 is 5.30. The summed E-state index contributed by atoms with van der Waals surface area (Å²) in [5, 5.41) is 23.0. The molecule has 1 aromatic carbocycles. The van der Waals surface area contributed by atoms with Gasteiger partial charge in [-0.05, 0) is 51.7 Å². The maximum atomic E-state index is 11.9. The molecule has 2 aromatic rings. The van der Waals surface area contributed by atoms with Crippen LogP contribution in [0.15, 0.2) is 30.3 Å². The van der Waals surface area contributed by atoms with Gasteiger partial charge in [0.15, 0.2) is 0 Å². The summed E-state index contributed by atoms with van der Waals surface area (Å²) in [6.07, 6.45) is 0.585. The van der Waals surface area contributed by atoms with Crippen molar-refractivity contribution in [3.05, 3.63) is 36.0 Å². The number of nitrogens with one attached hydrogen (secondary N) is 1. The maximum Gasteiger partial charge on any atom is 0.407 e. The molecule has 1 amide bonds. The van der Waals surface area contributed by atoms with Crippen LogP contribution in [0.4, 0.5) is 10.5 Å². The molecular formula is C22H31N3O4. The zero-order valence-electron chi connectivity index (χ0n) is 17.4.